The van der Waals surface area contributed by atoms with E-state index in [2.05, 4.69) is 21.2 Å². The average molecular weight is 424 g/mol. The largest absolute Gasteiger partial charge is 0.456 e. The molecule has 1 fully saturated rings. The number of benzene rings is 1. The minimum absolute atomic E-state index is 0.106. The molecule has 0 atom stereocenters. The number of rotatable bonds is 3. The molecule has 2 heterocycles. The Hall–Kier alpha value is -2.35. The van der Waals surface area contributed by atoms with Gasteiger partial charge in [0.15, 0.2) is 5.76 Å². The van der Waals surface area contributed by atoms with Gasteiger partial charge in [0.1, 0.15) is 11.6 Å². The lowest BCUT2D eigenvalue weighted by Crippen LogP contribution is -2.53. The molecule has 0 unspecified atom stereocenters. The number of furan rings is 1. The first-order chi connectivity index (χ1) is 12.4. The number of urea groups is 1. The van der Waals surface area contributed by atoms with Gasteiger partial charge >= 0.3 is 6.03 Å². The molecule has 1 aromatic heterocycles. The van der Waals surface area contributed by atoms with Crippen LogP contribution in [0, 0.1) is 12.7 Å². The second kappa shape index (κ2) is 7.90. The topological polar surface area (TPSA) is 65.8 Å². The van der Waals surface area contributed by atoms with Gasteiger partial charge in [-0.3, -0.25) is 4.79 Å². The number of carbonyl (C=O) groups excluding carboxylic acids is 2. The molecule has 0 radical (unpaired) electrons. The lowest BCUT2D eigenvalue weighted by atomic mass is 10.2. The van der Waals surface area contributed by atoms with Crippen LogP contribution in [0.2, 0.25) is 0 Å². The predicted molar refractivity (Wildman–Crippen MR) is 97.3 cm³/mol. The maximum absolute atomic E-state index is 13.7. The highest BCUT2D eigenvalue weighted by atomic mass is 79.9. The van der Waals surface area contributed by atoms with Crippen LogP contribution >= 0.6 is 15.9 Å². The zero-order valence-electron chi connectivity index (χ0n) is 14.3. The van der Waals surface area contributed by atoms with Gasteiger partial charge in [-0.25, -0.2) is 9.18 Å². The zero-order valence-corrected chi connectivity index (χ0v) is 15.9. The Labute approximate surface area is 159 Å². The summed E-state index contributed by atoms with van der Waals surface area (Å²) in [6, 6.07) is 7.73. The summed E-state index contributed by atoms with van der Waals surface area (Å²) in [4.78, 5) is 27.9. The number of piperazine rings is 1. The molecule has 8 heteroatoms. The summed E-state index contributed by atoms with van der Waals surface area (Å²) in [5.74, 6) is 0.462. The minimum Gasteiger partial charge on any atom is -0.456 e. The van der Waals surface area contributed by atoms with Crippen molar-refractivity contribution < 1.29 is 18.4 Å². The number of aryl methyl sites for hydroxylation is 1. The van der Waals surface area contributed by atoms with Crippen molar-refractivity contribution in [2.75, 3.05) is 26.2 Å². The van der Waals surface area contributed by atoms with Crippen LogP contribution in [-0.2, 0) is 6.54 Å². The van der Waals surface area contributed by atoms with Crippen molar-refractivity contribution in [3.63, 3.8) is 0 Å². The van der Waals surface area contributed by atoms with Crippen LogP contribution in [0.1, 0.15) is 21.9 Å². The van der Waals surface area contributed by atoms with E-state index in [4.69, 9.17) is 4.42 Å². The van der Waals surface area contributed by atoms with Crippen LogP contribution in [0.25, 0.3) is 0 Å². The monoisotopic (exact) mass is 423 g/mol. The Kier molecular flexibility index (Phi) is 5.61. The van der Waals surface area contributed by atoms with Crippen molar-refractivity contribution in [1.29, 1.82) is 0 Å². The summed E-state index contributed by atoms with van der Waals surface area (Å²) in [6.45, 7) is 3.58. The standard InChI is InChI=1S/C18H19BrFN3O3/c1-12-2-5-16(26-12)17(24)22-6-8-23(9-7-22)18(25)21-11-13-10-14(19)3-4-15(13)20/h2-5,10H,6-9,11H2,1H3,(H,21,25). The van der Waals surface area contributed by atoms with Gasteiger partial charge in [0.2, 0.25) is 0 Å². The second-order valence-corrected chi connectivity index (χ2v) is 7.00. The van der Waals surface area contributed by atoms with E-state index in [-0.39, 0.29) is 24.3 Å². The molecule has 2 aromatic rings. The zero-order chi connectivity index (χ0) is 18.7. The smallest absolute Gasteiger partial charge is 0.317 e. The molecule has 0 saturated carbocycles. The van der Waals surface area contributed by atoms with Crippen molar-refractivity contribution in [2.45, 2.75) is 13.5 Å². The first-order valence-electron chi connectivity index (χ1n) is 8.26. The summed E-state index contributed by atoms with van der Waals surface area (Å²) in [5, 5.41) is 2.72. The first-order valence-corrected chi connectivity index (χ1v) is 9.06. The molecule has 0 spiro atoms. The van der Waals surface area contributed by atoms with Crippen molar-refractivity contribution in [2.24, 2.45) is 0 Å². The van der Waals surface area contributed by atoms with E-state index in [0.717, 1.165) is 4.47 Å². The minimum atomic E-state index is -0.363. The van der Waals surface area contributed by atoms with Gasteiger partial charge in [0.25, 0.3) is 5.91 Å². The molecular weight excluding hydrogens is 405 g/mol. The third-order valence-corrected chi connectivity index (χ3v) is 4.74. The number of hydrogen-bond acceptors (Lipinski definition) is 3. The first kappa shape index (κ1) is 18.4. The highest BCUT2D eigenvalue weighted by molar-refractivity contribution is 9.10. The molecule has 1 aromatic carbocycles. The third kappa shape index (κ3) is 4.24. The Morgan fingerprint density at radius 3 is 2.50 bits per heavy atom. The Morgan fingerprint density at radius 1 is 1.15 bits per heavy atom. The fourth-order valence-corrected chi connectivity index (χ4v) is 3.19. The van der Waals surface area contributed by atoms with E-state index in [1.807, 2.05) is 0 Å². The summed E-state index contributed by atoms with van der Waals surface area (Å²) >= 11 is 3.29. The van der Waals surface area contributed by atoms with Crippen LogP contribution < -0.4 is 5.32 Å². The maximum atomic E-state index is 13.7. The van der Waals surface area contributed by atoms with E-state index < -0.39 is 0 Å². The van der Waals surface area contributed by atoms with Gasteiger partial charge in [-0.05, 0) is 37.3 Å². The number of halogens is 2. The fraction of sp³-hybridized carbons (Fsp3) is 0.333. The molecule has 26 heavy (non-hydrogen) atoms. The van der Waals surface area contributed by atoms with Gasteiger partial charge in [0.05, 0.1) is 0 Å². The van der Waals surface area contributed by atoms with Crippen LogP contribution in [0.3, 0.4) is 0 Å². The third-order valence-electron chi connectivity index (χ3n) is 4.24. The van der Waals surface area contributed by atoms with E-state index in [1.54, 1.807) is 41.0 Å². The molecular formula is C18H19BrFN3O3. The Balaban J connectivity index is 1.50. The van der Waals surface area contributed by atoms with E-state index in [9.17, 15) is 14.0 Å². The molecule has 0 aliphatic carbocycles. The van der Waals surface area contributed by atoms with E-state index in [0.29, 0.717) is 43.3 Å². The van der Waals surface area contributed by atoms with Gasteiger partial charge in [-0.1, -0.05) is 15.9 Å². The number of hydrogen-bond donors (Lipinski definition) is 1. The SMILES string of the molecule is Cc1ccc(C(=O)N2CCN(C(=O)NCc3cc(Br)ccc3F)CC2)o1. The molecule has 1 aliphatic rings. The van der Waals surface area contributed by atoms with Crippen molar-refractivity contribution in [1.82, 2.24) is 15.1 Å². The average Bonchev–Trinajstić information content (AvgIpc) is 3.08. The van der Waals surface area contributed by atoms with Crippen LogP contribution in [0.5, 0.6) is 0 Å². The van der Waals surface area contributed by atoms with Crippen molar-refractivity contribution >= 4 is 27.9 Å². The lowest BCUT2D eigenvalue weighted by molar-refractivity contribution is 0.0632. The predicted octanol–water partition coefficient (Wildman–Crippen LogP) is 3.16. The van der Waals surface area contributed by atoms with Crippen LogP contribution in [0.4, 0.5) is 9.18 Å². The molecule has 0 bridgehead atoms. The highest BCUT2D eigenvalue weighted by Crippen LogP contribution is 2.16. The van der Waals surface area contributed by atoms with Crippen molar-refractivity contribution in [3.8, 4) is 0 Å². The molecule has 1 N–H and O–H groups in total. The summed E-state index contributed by atoms with van der Waals surface area (Å²) in [7, 11) is 0. The van der Waals surface area contributed by atoms with Gasteiger partial charge in [0, 0.05) is 42.8 Å². The number of carbonyl (C=O) groups is 2. The molecule has 1 aliphatic heterocycles. The normalized spacial score (nSPS) is 14.4. The van der Waals surface area contributed by atoms with E-state index in [1.165, 1.54) is 6.07 Å². The Morgan fingerprint density at radius 2 is 1.85 bits per heavy atom. The van der Waals surface area contributed by atoms with Crippen LogP contribution in [-0.4, -0.2) is 47.9 Å². The number of amides is 3. The lowest BCUT2D eigenvalue weighted by Gasteiger charge is -2.34. The molecule has 1 saturated heterocycles. The van der Waals surface area contributed by atoms with Gasteiger partial charge < -0.3 is 19.5 Å². The number of nitrogens with zero attached hydrogens (tertiary/aromatic N) is 2. The molecule has 138 valence electrons. The van der Waals surface area contributed by atoms with E-state index >= 15 is 0 Å². The summed E-state index contributed by atoms with van der Waals surface area (Å²) in [6.07, 6.45) is 0. The number of nitrogens with one attached hydrogen (secondary N) is 1. The molecule has 6 nitrogen and oxygen atoms in total. The fourth-order valence-electron chi connectivity index (χ4n) is 2.78. The van der Waals surface area contributed by atoms with Crippen LogP contribution in [0.15, 0.2) is 39.2 Å². The van der Waals surface area contributed by atoms with Gasteiger partial charge in [-0.2, -0.15) is 0 Å². The maximum Gasteiger partial charge on any atom is 0.317 e. The quantitative estimate of drug-likeness (QED) is 0.824. The molecule has 3 rings (SSSR count). The summed E-state index contributed by atoms with van der Waals surface area (Å²) in [5.41, 5.74) is 0.412. The highest BCUT2D eigenvalue weighted by Gasteiger charge is 2.26. The molecule has 3 amide bonds. The van der Waals surface area contributed by atoms with Crippen molar-refractivity contribution in [3.05, 3.63) is 57.7 Å². The van der Waals surface area contributed by atoms with Gasteiger partial charge in [-0.15, -0.1) is 0 Å². The second-order valence-electron chi connectivity index (χ2n) is 6.08. The summed E-state index contributed by atoms with van der Waals surface area (Å²) < 4.78 is 19.8. The Bertz CT molecular complexity index is 816.